The Morgan fingerprint density at radius 3 is 2.80 bits per heavy atom. The number of carbonyl (C=O) groups is 1. The lowest BCUT2D eigenvalue weighted by molar-refractivity contribution is -0.113. The highest BCUT2D eigenvalue weighted by Gasteiger charge is 2.09. The zero-order chi connectivity index (χ0) is 17.6. The number of H-pyrrole nitrogens is 1. The van der Waals surface area contributed by atoms with Gasteiger partial charge in [-0.3, -0.25) is 9.89 Å². The van der Waals surface area contributed by atoms with Crippen LogP contribution in [0.2, 0.25) is 0 Å². The quantitative estimate of drug-likeness (QED) is 0.662. The predicted molar refractivity (Wildman–Crippen MR) is 98.9 cm³/mol. The van der Waals surface area contributed by atoms with Crippen molar-refractivity contribution in [1.82, 2.24) is 15.2 Å². The zero-order valence-electron chi connectivity index (χ0n) is 13.9. The summed E-state index contributed by atoms with van der Waals surface area (Å²) in [5.41, 5.74) is 2.85. The van der Waals surface area contributed by atoms with Gasteiger partial charge in [0.05, 0.1) is 12.9 Å². The van der Waals surface area contributed by atoms with E-state index in [-0.39, 0.29) is 11.7 Å². The Bertz CT molecular complexity index is 862. The molecule has 25 heavy (non-hydrogen) atoms. The van der Waals surface area contributed by atoms with E-state index in [1.165, 1.54) is 17.3 Å². The van der Waals surface area contributed by atoms with E-state index in [9.17, 15) is 4.79 Å². The molecule has 128 valence electrons. The summed E-state index contributed by atoms with van der Waals surface area (Å²) in [4.78, 5) is 16.5. The SMILES string of the molecule is COc1cccc(NC(=O)CSc2n[nH]c(-c3ccc(C)cc3)n2)c1. The third-order valence-corrected chi connectivity index (χ3v) is 4.32. The Kier molecular flexibility index (Phi) is 5.35. The maximum atomic E-state index is 12.1. The molecule has 0 aliphatic carbocycles. The van der Waals surface area contributed by atoms with Crippen molar-refractivity contribution in [2.45, 2.75) is 12.1 Å². The third kappa shape index (κ3) is 4.60. The maximum Gasteiger partial charge on any atom is 0.234 e. The summed E-state index contributed by atoms with van der Waals surface area (Å²) in [6, 6.07) is 15.2. The van der Waals surface area contributed by atoms with Crippen LogP contribution in [0, 0.1) is 6.92 Å². The first-order chi connectivity index (χ1) is 12.1. The number of benzene rings is 2. The fourth-order valence-electron chi connectivity index (χ4n) is 2.18. The molecular weight excluding hydrogens is 336 g/mol. The molecule has 0 atom stereocenters. The largest absolute Gasteiger partial charge is 0.497 e. The number of aromatic nitrogens is 3. The first kappa shape index (κ1) is 17.0. The summed E-state index contributed by atoms with van der Waals surface area (Å²) in [5.74, 6) is 1.49. The van der Waals surface area contributed by atoms with Gasteiger partial charge in [-0.25, -0.2) is 4.98 Å². The highest BCUT2D eigenvalue weighted by molar-refractivity contribution is 7.99. The zero-order valence-corrected chi connectivity index (χ0v) is 14.8. The molecule has 7 heteroatoms. The van der Waals surface area contributed by atoms with Crippen LogP contribution in [0.25, 0.3) is 11.4 Å². The van der Waals surface area contributed by atoms with Gasteiger partial charge in [0.15, 0.2) is 5.82 Å². The van der Waals surface area contributed by atoms with Crippen molar-refractivity contribution in [2.75, 3.05) is 18.2 Å². The van der Waals surface area contributed by atoms with E-state index in [1.807, 2.05) is 49.4 Å². The van der Waals surface area contributed by atoms with Crippen LogP contribution in [0.3, 0.4) is 0 Å². The van der Waals surface area contributed by atoms with Crippen LogP contribution in [0.4, 0.5) is 5.69 Å². The number of methoxy groups -OCH3 is 1. The van der Waals surface area contributed by atoms with Gasteiger partial charge < -0.3 is 10.1 Å². The van der Waals surface area contributed by atoms with Crippen molar-refractivity contribution < 1.29 is 9.53 Å². The van der Waals surface area contributed by atoms with Gasteiger partial charge in [-0.05, 0) is 19.1 Å². The average molecular weight is 354 g/mol. The van der Waals surface area contributed by atoms with Crippen LogP contribution in [-0.2, 0) is 4.79 Å². The topological polar surface area (TPSA) is 79.9 Å². The van der Waals surface area contributed by atoms with Gasteiger partial charge in [0, 0.05) is 17.3 Å². The second-order valence-corrected chi connectivity index (χ2v) is 6.34. The second-order valence-electron chi connectivity index (χ2n) is 5.40. The summed E-state index contributed by atoms with van der Waals surface area (Å²) in [6.07, 6.45) is 0. The standard InChI is InChI=1S/C18H18N4O2S/c1-12-6-8-13(9-7-12)17-20-18(22-21-17)25-11-16(23)19-14-4-3-5-15(10-14)24-2/h3-10H,11H2,1-2H3,(H,19,23)(H,20,21,22). The molecule has 2 aromatic carbocycles. The number of aromatic amines is 1. The number of nitrogens with zero attached hydrogens (tertiary/aromatic N) is 2. The monoisotopic (exact) mass is 354 g/mol. The number of thioether (sulfide) groups is 1. The van der Waals surface area contributed by atoms with E-state index in [4.69, 9.17) is 4.74 Å². The van der Waals surface area contributed by atoms with Crippen LogP contribution in [0.1, 0.15) is 5.56 Å². The molecule has 1 heterocycles. The third-order valence-electron chi connectivity index (χ3n) is 3.48. The molecule has 0 saturated carbocycles. The van der Waals surface area contributed by atoms with Crippen LogP contribution in [0.5, 0.6) is 5.75 Å². The molecule has 0 aliphatic heterocycles. The highest BCUT2D eigenvalue weighted by atomic mass is 32.2. The maximum absolute atomic E-state index is 12.1. The lowest BCUT2D eigenvalue weighted by Crippen LogP contribution is -2.14. The lowest BCUT2D eigenvalue weighted by Gasteiger charge is -2.06. The number of aryl methyl sites for hydroxylation is 1. The Morgan fingerprint density at radius 1 is 1.24 bits per heavy atom. The first-order valence-corrected chi connectivity index (χ1v) is 8.69. The molecule has 0 aliphatic rings. The summed E-state index contributed by atoms with van der Waals surface area (Å²) in [5, 5.41) is 10.4. The van der Waals surface area contributed by atoms with E-state index in [0.717, 1.165) is 5.56 Å². The fourth-order valence-corrected chi connectivity index (χ4v) is 2.78. The summed E-state index contributed by atoms with van der Waals surface area (Å²) in [6.45, 7) is 2.03. The van der Waals surface area contributed by atoms with Gasteiger partial charge in [-0.15, -0.1) is 5.10 Å². The van der Waals surface area contributed by atoms with Crippen molar-refractivity contribution >= 4 is 23.4 Å². The molecule has 1 amide bonds. The number of carbonyl (C=O) groups excluding carboxylic acids is 1. The Balaban J connectivity index is 1.56. The Morgan fingerprint density at radius 2 is 2.04 bits per heavy atom. The van der Waals surface area contributed by atoms with Gasteiger partial charge in [0.25, 0.3) is 0 Å². The molecule has 3 aromatic rings. The lowest BCUT2D eigenvalue weighted by atomic mass is 10.1. The molecule has 0 radical (unpaired) electrons. The van der Waals surface area contributed by atoms with Crippen molar-refractivity contribution in [3.63, 3.8) is 0 Å². The van der Waals surface area contributed by atoms with Crippen LogP contribution in [-0.4, -0.2) is 34.0 Å². The number of hydrogen-bond donors (Lipinski definition) is 2. The molecule has 1 aromatic heterocycles. The molecule has 0 fully saturated rings. The van der Waals surface area contributed by atoms with Gasteiger partial charge in [0.2, 0.25) is 11.1 Å². The fraction of sp³-hybridized carbons (Fsp3) is 0.167. The molecular formula is C18H18N4O2S. The van der Waals surface area contributed by atoms with E-state index >= 15 is 0 Å². The predicted octanol–water partition coefficient (Wildman–Crippen LogP) is 3.52. The summed E-state index contributed by atoms with van der Waals surface area (Å²) in [7, 11) is 1.59. The van der Waals surface area contributed by atoms with Gasteiger partial charge in [-0.2, -0.15) is 0 Å². The van der Waals surface area contributed by atoms with Gasteiger partial charge in [0.1, 0.15) is 5.75 Å². The number of hydrogen-bond acceptors (Lipinski definition) is 5. The van der Waals surface area contributed by atoms with E-state index in [0.29, 0.717) is 22.4 Å². The second kappa shape index (κ2) is 7.85. The Hall–Kier alpha value is -2.80. The number of ether oxygens (including phenoxy) is 1. The minimum atomic E-state index is -0.125. The normalized spacial score (nSPS) is 10.5. The van der Waals surface area contributed by atoms with Gasteiger partial charge in [-0.1, -0.05) is 47.7 Å². The van der Waals surface area contributed by atoms with Gasteiger partial charge >= 0.3 is 0 Å². The van der Waals surface area contributed by atoms with E-state index in [1.54, 1.807) is 13.2 Å². The van der Waals surface area contributed by atoms with E-state index < -0.39 is 0 Å². The van der Waals surface area contributed by atoms with Crippen LogP contribution >= 0.6 is 11.8 Å². The average Bonchev–Trinajstić information content (AvgIpc) is 3.10. The summed E-state index contributed by atoms with van der Waals surface area (Å²) < 4.78 is 5.14. The summed E-state index contributed by atoms with van der Waals surface area (Å²) >= 11 is 1.28. The minimum Gasteiger partial charge on any atom is -0.497 e. The number of nitrogens with one attached hydrogen (secondary N) is 2. The molecule has 0 saturated heterocycles. The molecule has 0 unspecified atom stereocenters. The first-order valence-electron chi connectivity index (χ1n) is 7.70. The molecule has 0 spiro atoms. The van der Waals surface area contributed by atoms with E-state index in [2.05, 4.69) is 20.5 Å². The highest BCUT2D eigenvalue weighted by Crippen LogP contribution is 2.20. The van der Waals surface area contributed by atoms with Crippen LogP contribution in [0.15, 0.2) is 53.7 Å². The molecule has 2 N–H and O–H groups in total. The number of rotatable bonds is 6. The van der Waals surface area contributed by atoms with Crippen molar-refractivity contribution in [3.8, 4) is 17.1 Å². The van der Waals surface area contributed by atoms with Crippen LogP contribution < -0.4 is 10.1 Å². The number of anilines is 1. The van der Waals surface area contributed by atoms with Crippen molar-refractivity contribution in [2.24, 2.45) is 0 Å². The Labute approximate surface area is 150 Å². The smallest absolute Gasteiger partial charge is 0.234 e. The molecule has 0 bridgehead atoms. The number of amides is 1. The van der Waals surface area contributed by atoms with Crippen molar-refractivity contribution in [1.29, 1.82) is 0 Å². The van der Waals surface area contributed by atoms with Crippen molar-refractivity contribution in [3.05, 3.63) is 54.1 Å². The molecule has 6 nitrogen and oxygen atoms in total. The molecule has 3 rings (SSSR count). The minimum absolute atomic E-state index is 0.125.